The zero-order valence-electron chi connectivity index (χ0n) is 12.8. The van der Waals surface area contributed by atoms with Crippen LogP contribution in [0.5, 0.6) is 0 Å². The van der Waals surface area contributed by atoms with Crippen molar-refractivity contribution in [1.82, 2.24) is 0 Å². The van der Waals surface area contributed by atoms with Gasteiger partial charge in [-0.25, -0.2) is 0 Å². The van der Waals surface area contributed by atoms with E-state index in [0.29, 0.717) is 5.96 Å². The highest BCUT2D eigenvalue weighted by Gasteiger charge is 2.11. The van der Waals surface area contributed by atoms with E-state index in [1.807, 2.05) is 30.3 Å². The molecule has 2 aromatic rings. The molecule has 4 nitrogen and oxygen atoms in total. The summed E-state index contributed by atoms with van der Waals surface area (Å²) in [5, 5.41) is 13.3. The van der Waals surface area contributed by atoms with E-state index in [-0.39, 0.29) is 6.54 Å². The van der Waals surface area contributed by atoms with Crippen molar-refractivity contribution in [1.29, 1.82) is 0 Å². The highest BCUT2D eigenvalue weighted by Crippen LogP contribution is 2.24. The highest BCUT2D eigenvalue weighted by molar-refractivity contribution is 9.10. The number of aliphatic imine (C=N–C) groups is 1. The maximum atomic E-state index is 10.2. The molecular weight excluding hydrogens is 354 g/mol. The Balaban J connectivity index is 1.61. The summed E-state index contributed by atoms with van der Waals surface area (Å²) < 4.78 is 0.933. The molecule has 0 radical (unpaired) electrons. The molecule has 0 saturated carbocycles. The van der Waals surface area contributed by atoms with E-state index in [1.54, 1.807) is 0 Å². The summed E-state index contributed by atoms with van der Waals surface area (Å²) in [4.78, 5) is 4.24. The number of rotatable bonds is 4. The van der Waals surface area contributed by atoms with Crippen LogP contribution in [0.1, 0.15) is 29.2 Å². The first-order valence-electron chi connectivity index (χ1n) is 7.74. The second-order valence-electron chi connectivity index (χ2n) is 5.76. The maximum absolute atomic E-state index is 10.2. The summed E-state index contributed by atoms with van der Waals surface area (Å²) >= 11 is 3.40. The first kappa shape index (κ1) is 16.0. The number of nitrogens with one attached hydrogen (secondary N) is 1. The van der Waals surface area contributed by atoms with Crippen LogP contribution >= 0.6 is 15.9 Å². The number of fused-ring (bicyclic) bond motifs is 1. The fourth-order valence-corrected chi connectivity index (χ4v) is 3.26. The van der Waals surface area contributed by atoms with Crippen molar-refractivity contribution in [2.45, 2.75) is 25.4 Å². The van der Waals surface area contributed by atoms with Gasteiger partial charge in [0.1, 0.15) is 0 Å². The van der Waals surface area contributed by atoms with Gasteiger partial charge in [0, 0.05) is 10.2 Å². The molecule has 23 heavy (non-hydrogen) atoms. The van der Waals surface area contributed by atoms with E-state index in [1.165, 1.54) is 17.5 Å². The van der Waals surface area contributed by atoms with Crippen molar-refractivity contribution in [2.75, 3.05) is 11.9 Å². The predicted molar refractivity (Wildman–Crippen MR) is 97.7 cm³/mol. The molecular formula is C18H20BrN3O. The van der Waals surface area contributed by atoms with Crippen LogP contribution in [-0.4, -0.2) is 17.6 Å². The van der Waals surface area contributed by atoms with Crippen LogP contribution in [0.3, 0.4) is 0 Å². The zero-order valence-corrected chi connectivity index (χ0v) is 14.4. The number of hydrogen-bond donors (Lipinski definition) is 3. The summed E-state index contributed by atoms with van der Waals surface area (Å²) in [6, 6.07) is 13.9. The minimum atomic E-state index is -0.673. The van der Waals surface area contributed by atoms with Gasteiger partial charge >= 0.3 is 0 Å². The molecule has 3 rings (SSSR count). The molecule has 1 atom stereocenters. The Hall–Kier alpha value is -1.85. The van der Waals surface area contributed by atoms with Crippen molar-refractivity contribution >= 4 is 27.6 Å². The average molecular weight is 374 g/mol. The summed E-state index contributed by atoms with van der Waals surface area (Å²) in [6.07, 6.45) is 2.84. The fourth-order valence-electron chi connectivity index (χ4n) is 2.84. The lowest BCUT2D eigenvalue weighted by Gasteiger charge is -2.11. The Morgan fingerprint density at radius 3 is 2.87 bits per heavy atom. The van der Waals surface area contributed by atoms with E-state index < -0.39 is 6.10 Å². The van der Waals surface area contributed by atoms with Crippen LogP contribution in [0.15, 0.2) is 51.9 Å². The van der Waals surface area contributed by atoms with Gasteiger partial charge in [0.25, 0.3) is 0 Å². The molecule has 0 aliphatic heterocycles. The molecule has 1 aliphatic rings. The third-order valence-electron chi connectivity index (χ3n) is 4.04. The van der Waals surface area contributed by atoms with Crippen LogP contribution in [0.2, 0.25) is 0 Å². The van der Waals surface area contributed by atoms with Gasteiger partial charge in [-0.3, -0.25) is 4.99 Å². The number of halogens is 1. The number of benzene rings is 2. The standard InChI is InChI=1S/C18H20BrN3O/c19-15-6-2-5-14(9-15)17(23)11-21-18(20)22-16-8-7-12-3-1-4-13(12)10-16/h2,5-10,17,23H,1,3-4,11H2,(H3,20,21,22)/t17-/m1/s1. The van der Waals surface area contributed by atoms with E-state index in [0.717, 1.165) is 28.6 Å². The molecule has 0 fully saturated rings. The number of guanidine groups is 1. The minimum Gasteiger partial charge on any atom is -0.386 e. The smallest absolute Gasteiger partial charge is 0.193 e. The first-order chi connectivity index (χ1) is 11.1. The lowest BCUT2D eigenvalue weighted by molar-refractivity contribution is 0.187. The largest absolute Gasteiger partial charge is 0.386 e. The molecule has 0 unspecified atom stereocenters. The van der Waals surface area contributed by atoms with Crippen molar-refractivity contribution < 1.29 is 5.11 Å². The van der Waals surface area contributed by atoms with Gasteiger partial charge in [0.2, 0.25) is 0 Å². The van der Waals surface area contributed by atoms with Crippen molar-refractivity contribution in [3.05, 3.63) is 63.6 Å². The van der Waals surface area contributed by atoms with E-state index >= 15 is 0 Å². The molecule has 0 amide bonds. The summed E-state index contributed by atoms with van der Waals surface area (Å²) in [5.41, 5.74) is 10.5. The van der Waals surface area contributed by atoms with Gasteiger partial charge in [-0.1, -0.05) is 34.1 Å². The van der Waals surface area contributed by atoms with E-state index in [2.05, 4.69) is 38.4 Å². The second-order valence-corrected chi connectivity index (χ2v) is 6.67. The van der Waals surface area contributed by atoms with Gasteiger partial charge in [-0.15, -0.1) is 0 Å². The summed E-state index contributed by atoms with van der Waals surface area (Å²) in [6.45, 7) is 0.222. The Labute approximate surface area is 144 Å². The molecule has 0 heterocycles. The van der Waals surface area contributed by atoms with Crippen molar-refractivity contribution in [3.63, 3.8) is 0 Å². The monoisotopic (exact) mass is 373 g/mol. The number of hydrogen-bond acceptors (Lipinski definition) is 2. The number of nitrogens with zero attached hydrogens (tertiary/aromatic N) is 1. The van der Waals surface area contributed by atoms with E-state index in [9.17, 15) is 5.11 Å². The third kappa shape index (κ3) is 4.12. The Morgan fingerprint density at radius 1 is 1.22 bits per heavy atom. The van der Waals surface area contributed by atoms with Crippen LogP contribution in [0, 0.1) is 0 Å². The molecule has 120 valence electrons. The van der Waals surface area contributed by atoms with Crippen LogP contribution < -0.4 is 11.1 Å². The molecule has 2 aromatic carbocycles. The fraction of sp³-hybridized carbons (Fsp3) is 0.278. The maximum Gasteiger partial charge on any atom is 0.193 e. The molecule has 0 bridgehead atoms. The van der Waals surface area contributed by atoms with Gasteiger partial charge in [-0.2, -0.15) is 0 Å². The molecule has 4 N–H and O–H groups in total. The van der Waals surface area contributed by atoms with Crippen LogP contribution in [0.25, 0.3) is 0 Å². The van der Waals surface area contributed by atoms with Crippen molar-refractivity contribution in [2.24, 2.45) is 10.7 Å². The highest BCUT2D eigenvalue weighted by atomic mass is 79.9. The quantitative estimate of drug-likeness (QED) is 0.568. The minimum absolute atomic E-state index is 0.222. The Kier molecular flexibility index (Phi) is 4.98. The Morgan fingerprint density at radius 2 is 2.04 bits per heavy atom. The topological polar surface area (TPSA) is 70.6 Å². The number of aliphatic hydroxyl groups is 1. The lowest BCUT2D eigenvalue weighted by atomic mass is 10.1. The number of nitrogens with two attached hydrogens (primary N) is 1. The second kappa shape index (κ2) is 7.15. The van der Waals surface area contributed by atoms with Gasteiger partial charge in [-0.05, 0) is 60.2 Å². The van der Waals surface area contributed by atoms with Gasteiger partial charge < -0.3 is 16.2 Å². The number of aryl methyl sites for hydroxylation is 2. The molecule has 1 aliphatic carbocycles. The van der Waals surface area contributed by atoms with Crippen LogP contribution in [0.4, 0.5) is 5.69 Å². The van der Waals surface area contributed by atoms with E-state index in [4.69, 9.17) is 5.73 Å². The third-order valence-corrected chi connectivity index (χ3v) is 4.53. The number of anilines is 1. The predicted octanol–water partition coefficient (Wildman–Crippen LogP) is 3.40. The SMILES string of the molecule is NC(=NC[C@@H](O)c1cccc(Br)c1)Nc1ccc2c(c1)CCC2. The van der Waals surface area contributed by atoms with Crippen LogP contribution in [-0.2, 0) is 12.8 Å². The molecule has 0 aromatic heterocycles. The average Bonchev–Trinajstić information content (AvgIpc) is 3.00. The number of aliphatic hydroxyl groups excluding tert-OH is 1. The Bertz CT molecular complexity index is 730. The summed E-state index contributed by atoms with van der Waals surface area (Å²) in [5.74, 6) is 0.317. The normalized spacial score (nSPS) is 15.3. The van der Waals surface area contributed by atoms with Gasteiger partial charge in [0.05, 0.1) is 12.6 Å². The first-order valence-corrected chi connectivity index (χ1v) is 8.53. The molecule has 0 spiro atoms. The van der Waals surface area contributed by atoms with Crippen molar-refractivity contribution in [3.8, 4) is 0 Å². The van der Waals surface area contributed by atoms with Gasteiger partial charge in [0.15, 0.2) is 5.96 Å². The zero-order chi connectivity index (χ0) is 16.2. The molecule has 5 heteroatoms. The lowest BCUT2D eigenvalue weighted by Crippen LogP contribution is -2.23. The molecule has 0 saturated heterocycles. The summed E-state index contributed by atoms with van der Waals surface area (Å²) in [7, 11) is 0.